The van der Waals surface area contributed by atoms with Crippen LogP contribution in [-0.4, -0.2) is 28.0 Å². The predicted octanol–water partition coefficient (Wildman–Crippen LogP) is 2.40. The minimum absolute atomic E-state index is 0.132. The number of nitrogens with zero attached hydrogens (tertiary/aromatic N) is 4. The SMILES string of the molecule is CCn1ncc(S(=O)(=O)Nc2cnn(Cc3cccc(F)c3)c2)c1C. The number of aromatic nitrogens is 4. The Morgan fingerprint density at radius 2 is 2.04 bits per heavy atom. The summed E-state index contributed by atoms with van der Waals surface area (Å²) >= 11 is 0. The molecule has 0 bridgehead atoms. The van der Waals surface area contributed by atoms with Gasteiger partial charge in [0.2, 0.25) is 0 Å². The Labute approximate surface area is 145 Å². The largest absolute Gasteiger partial charge is 0.276 e. The van der Waals surface area contributed by atoms with Gasteiger partial charge in [0.05, 0.1) is 30.3 Å². The van der Waals surface area contributed by atoms with E-state index >= 15 is 0 Å². The first kappa shape index (κ1) is 17.2. The van der Waals surface area contributed by atoms with Crippen molar-refractivity contribution >= 4 is 15.7 Å². The summed E-state index contributed by atoms with van der Waals surface area (Å²) in [5.41, 5.74) is 1.64. The molecule has 0 aliphatic heterocycles. The van der Waals surface area contributed by atoms with Gasteiger partial charge in [0, 0.05) is 12.7 Å². The average molecular weight is 363 g/mol. The van der Waals surface area contributed by atoms with Crippen LogP contribution in [0.5, 0.6) is 0 Å². The minimum atomic E-state index is -3.75. The van der Waals surface area contributed by atoms with Crippen LogP contribution in [0.15, 0.2) is 47.8 Å². The second kappa shape index (κ2) is 6.67. The Morgan fingerprint density at radius 3 is 2.72 bits per heavy atom. The summed E-state index contributed by atoms with van der Waals surface area (Å²) in [4.78, 5) is 0.132. The molecule has 3 rings (SSSR count). The number of hydrogen-bond acceptors (Lipinski definition) is 4. The summed E-state index contributed by atoms with van der Waals surface area (Å²) in [5, 5.41) is 8.16. The van der Waals surface area contributed by atoms with Gasteiger partial charge in [-0.1, -0.05) is 12.1 Å². The van der Waals surface area contributed by atoms with Crippen LogP contribution in [0.4, 0.5) is 10.1 Å². The molecule has 1 aromatic carbocycles. The van der Waals surface area contributed by atoms with Crippen molar-refractivity contribution in [2.75, 3.05) is 4.72 Å². The van der Waals surface area contributed by atoms with Crippen LogP contribution < -0.4 is 4.72 Å². The lowest BCUT2D eigenvalue weighted by atomic mass is 10.2. The number of hydrogen-bond donors (Lipinski definition) is 1. The van der Waals surface area contributed by atoms with Crippen LogP contribution in [-0.2, 0) is 23.1 Å². The van der Waals surface area contributed by atoms with Crippen LogP contribution in [0.1, 0.15) is 18.2 Å². The fourth-order valence-corrected chi connectivity index (χ4v) is 3.75. The van der Waals surface area contributed by atoms with Gasteiger partial charge in [-0.05, 0) is 31.5 Å². The zero-order chi connectivity index (χ0) is 18.0. The maximum Gasteiger partial charge on any atom is 0.265 e. The minimum Gasteiger partial charge on any atom is -0.276 e. The van der Waals surface area contributed by atoms with E-state index in [4.69, 9.17) is 0 Å². The number of aryl methyl sites for hydroxylation is 1. The first-order valence-electron chi connectivity index (χ1n) is 7.71. The first-order chi connectivity index (χ1) is 11.9. The molecule has 0 fully saturated rings. The lowest BCUT2D eigenvalue weighted by Gasteiger charge is -2.06. The molecule has 0 saturated carbocycles. The fraction of sp³-hybridized carbons (Fsp3) is 0.250. The van der Waals surface area contributed by atoms with Gasteiger partial charge in [-0.3, -0.25) is 14.1 Å². The summed E-state index contributed by atoms with van der Waals surface area (Å²) in [7, 11) is -3.75. The fourth-order valence-electron chi connectivity index (χ4n) is 2.55. The van der Waals surface area contributed by atoms with Gasteiger partial charge in [0.25, 0.3) is 10.0 Å². The number of rotatable bonds is 6. The van der Waals surface area contributed by atoms with Crippen molar-refractivity contribution in [2.45, 2.75) is 31.8 Å². The van der Waals surface area contributed by atoms with Crippen LogP contribution in [0.2, 0.25) is 0 Å². The van der Waals surface area contributed by atoms with Crippen molar-refractivity contribution in [3.05, 3.63) is 59.9 Å². The zero-order valence-corrected chi connectivity index (χ0v) is 14.7. The van der Waals surface area contributed by atoms with Gasteiger partial charge in [0.15, 0.2) is 0 Å². The maximum absolute atomic E-state index is 13.2. The maximum atomic E-state index is 13.2. The number of sulfonamides is 1. The quantitative estimate of drug-likeness (QED) is 0.729. The Bertz CT molecular complexity index is 994. The second-order valence-electron chi connectivity index (χ2n) is 5.57. The van der Waals surface area contributed by atoms with Gasteiger partial charge < -0.3 is 0 Å². The molecule has 132 valence electrons. The molecule has 7 nitrogen and oxygen atoms in total. The van der Waals surface area contributed by atoms with Crippen molar-refractivity contribution in [1.29, 1.82) is 0 Å². The Hall–Kier alpha value is -2.68. The van der Waals surface area contributed by atoms with Crippen LogP contribution in [0.3, 0.4) is 0 Å². The third-order valence-corrected chi connectivity index (χ3v) is 5.25. The normalized spacial score (nSPS) is 11.6. The molecule has 0 radical (unpaired) electrons. The molecule has 0 saturated heterocycles. The lowest BCUT2D eigenvalue weighted by Crippen LogP contribution is -2.13. The van der Waals surface area contributed by atoms with Gasteiger partial charge in [-0.15, -0.1) is 0 Å². The summed E-state index contributed by atoms with van der Waals surface area (Å²) in [6.07, 6.45) is 4.30. The van der Waals surface area contributed by atoms with E-state index in [2.05, 4.69) is 14.9 Å². The van der Waals surface area contributed by atoms with E-state index in [9.17, 15) is 12.8 Å². The lowest BCUT2D eigenvalue weighted by molar-refractivity contribution is 0.598. The molecular formula is C16H18FN5O2S. The number of benzene rings is 1. The van der Waals surface area contributed by atoms with E-state index in [1.165, 1.54) is 29.2 Å². The van der Waals surface area contributed by atoms with Crippen LogP contribution >= 0.6 is 0 Å². The van der Waals surface area contributed by atoms with Crippen LogP contribution in [0.25, 0.3) is 0 Å². The molecular weight excluding hydrogens is 345 g/mol. The van der Waals surface area contributed by atoms with Crippen molar-refractivity contribution in [2.24, 2.45) is 0 Å². The van der Waals surface area contributed by atoms with E-state index in [0.717, 1.165) is 5.56 Å². The Kier molecular flexibility index (Phi) is 4.58. The highest BCUT2D eigenvalue weighted by atomic mass is 32.2. The highest BCUT2D eigenvalue weighted by molar-refractivity contribution is 7.92. The summed E-state index contributed by atoms with van der Waals surface area (Å²) in [6, 6.07) is 6.17. The molecule has 0 spiro atoms. The molecule has 0 atom stereocenters. The van der Waals surface area contributed by atoms with E-state index in [1.54, 1.807) is 29.9 Å². The van der Waals surface area contributed by atoms with E-state index in [0.29, 0.717) is 24.5 Å². The molecule has 0 aliphatic rings. The third kappa shape index (κ3) is 3.71. The highest BCUT2D eigenvalue weighted by Gasteiger charge is 2.21. The highest BCUT2D eigenvalue weighted by Crippen LogP contribution is 2.19. The topological polar surface area (TPSA) is 81.8 Å². The molecule has 0 aliphatic carbocycles. The number of halogens is 1. The van der Waals surface area contributed by atoms with E-state index in [-0.39, 0.29) is 10.7 Å². The van der Waals surface area contributed by atoms with Gasteiger partial charge in [0.1, 0.15) is 10.7 Å². The molecule has 0 unspecified atom stereocenters. The van der Waals surface area contributed by atoms with Gasteiger partial charge >= 0.3 is 0 Å². The zero-order valence-electron chi connectivity index (χ0n) is 13.8. The molecule has 1 N–H and O–H groups in total. The number of nitrogens with one attached hydrogen (secondary N) is 1. The smallest absolute Gasteiger partial charge is 0.265 e. The molecule has 9 heteroatoms. The first-order valence-corrected chi connectivity index (χ1v) is 9.19. The Morgan fingerprint density at radius 1 is 1.24 bits per heavy atom. The molecule has 2 aromatic heterocycles. The van der Waals surface area contributed by atoms with Crippen molar-refractivity contribution in [3.8, 4) is 0 Å². The van der Waals surface area contributed by atoms with Gasteiger partial charge in [-0.2, -0.15) is 10.2 Å². The van der Waals surface area contributed by atoms with Gasteiger partial charge in [-0.25, -0.2) is 12.8 Å². The van der Waals surface area contributed by atoms with E-state index in [1.807, 2.05) is 6.92 Å². The van der Waals surface area contributed by atoms with E-state index < -0.39 is 10.0 Å². The monoisotopic (exact) mass is 363 g/mol. The summed E-state index contributed by atoms with van der Waals surface area (Å²) < 4.78 is 43.9. The van der Waals surface area contributed by atoms with Crippen molar-refractivity contribution < 1.29 is 12.8 Å². The summed E-state index contributed by atoms with van der Waals surface area (Å²) in [5.74, 6) is -0.325. The predicted molar refractivity (Wildman–Crippen MR) is 91.2 cm³/mol. The van der Waals surface area contributed by atoms with Crippen molar-refractivity contribution in [3.63, 3.8) is 0 Å². The standard InChI is InChI=1S/C16H18FN5O2S/c1-3-22-12(2)16(9-19-22)25(23,24)20-15-8-18-21(11-15)10-13-5-4-6-14(17)7-13/h4-9,11,20H,3,10H2,1-2H3. The molecule has 3 aromatic rings. The molecule has 0 amide bonds. The molecule has 2 heterocycles. The Balaban J connectivity index is 1.77. The van der Waals surface area contributed by atoms with Crippen LogP contribution in [0, 0.1) is 12.7 Å². The second-order valence-corrected chi connectivity index (χ2v) is 7.22. The van der Waals surface area contributed by atoms with Crippen molar-refractivity contribution in [1.82, 2.24) is 19.6 Å². The average Bonchev–Trinajstić information content (AvgIpc) is 3.13. The summed E-state index contributed by atoms with van der Waals surface area (Å²) in [6.45, 7) is 4.53. The molecule has 25 heavy (non-hydrogen) atoms. The number of anilines is 1. The third-order valence-electron chi connectivity index (χ3n) is 3.77.